The lowest BCUT2D eigenvalue weighted by molar-refractivity contribution is -0.135. The van der Waals surface area contributed by atoms with Gasteiger partial charge in [-0.25, -0.2) is 9.59 Å². The molecule has 7 heteroatoms. The largest absolute Gasteiger partial charge is 0.508 e. The number of aromatic hydroxyl groups is 1. The van der Waals surface area contributed by atoms with Crippen LogP contribution in [0.3, 0.4) is 0 Å². The third-order valence-electron chi connectivity index (χ3n) is 12.2. The third-order valence-corrected chi connectivity index (χ3v) is 12.2. The molecule has 2 aromatic rings. The Kier molecular flexibility index (Phi) is 8.16. The molecule has 3 aliphatic heterocycles. The van der Waals surface area contributed by atoms with Gasteiger partial charge in [0.1, 0.15) is 17.3 Å². The Morgan fingerprint density at radius 3 is 2.54 bits per heavy atom. The van der Waals surface area contributed by atoms with E-state index in [-0.39, 0.29) is 48.0 Å². The Morgan fingerprint density at radius 1 is 0.958 bits per heavy atom. The summed E-state index contributed by atoms with van der Waals surface area (Å²) < 4.78 is 12.4. The smallest absolute Gasteiger partial charge is 0.340 e. The van der Waals surface area contributed by atoms with Crippen LogP contribution in [0.5, 0.6) is 5.75 Å². The quantitative estimate of drug-likeness (QED) is 0.260. The van der Waals surface area contributed by atoms with Crippen molar-refractivity contribution in [2.75, 3.05) is 19.7 Å². The van der Waals surface area contributed by atoms with E-state index in [4.69, 9.17) is 9.47 Å². The molecule has 7 aliphatic rings. The summed E-state index contributed by atoms with van der Waals surface area (Å²) in [5.74, 6) is 1.36. The van der Waals surface area contributed by atoms with Crippen LogP contribution in [0.15, 0.2) is 88.9 Å². The second kappa shape index (κ2) is 12.5. The first-order valence-electron chi connectivity index (χ1n) is 18.0. The fraction of sp³-hybridized carbons (Fsp3) is 0.463. The van der Waals surface area contributed by atoms with Crippen molar-refractivity contribution in [2.24, 2.45) is 35.0 Å². The minimum atomic E-state index is -0.765. The number of nitrogens with one attached hydrogen (secondary N) is 1. The Hall–Kier alpha value is -3.94. The normalized spacial score (nSPS) is 30.4. The van der Waals surface area contributed by atoms with Crippen molar-refractivity contribution in [3.05, 3.63) is 94.5 Å². The van der Waals surface area contributed by atoms with Crippen LogP contribution in [0, 0.1) is 35.0 Å². The average Bonchev–Trinajstić information content (AvgIpc) is 3.61. The molecule has 0 aromatic heterocycles. The summed E-state index contributed by atoms with van der Waals surface area (Å²) in [7, 11) is 0. The van der Waals surface area contributed by atoms with Gasteiger partial charge in [0, 0.05) is 23.7 Å². The number of benzene rings is 2. The molecule has 3 fully saturated rings. The van der Waals surface area contributed by atoms with Crippen LogP contribution < -0.4 is 5.32 Å². The SMILES string of the molecule is CCCC=C1OC(=O)C2=C(c3cc(O)ccc3-c3ccccc3)C3CCC12C1C2=C(CCC31)C(=CCC(CO)C1CCNCC1)OC2=O. The number of unbranched alkanes of at least 4 members (excludes halogenated alkanes) is 1. The molecule has 4 aliphatic carbocycles. The van der Waals surface area contributed by atoms with Gasteiger partial charge in [-0.1, -0.05) is 49.7 Å². The van der Waals surface area contributed by atoms with E-state index in [2.05, 4.69) is 30.4 Å². The molecule has 2 saturated heterocycles. The fourth-order valence-electron chi connectivity index (χ4n) is 10.1. The number of hydrogen-bond acceptors (Lipinski definition) is 7. The Balaban J connectivity index is 1.27. The number of cyclic esters (lactones) is 2. The summed E-state index contributed by atoms with van der Waals surface area (Å²) >= 11 is 0. The van der Waals surface area contributed by atoms with Gasteiger partial charge in [-0.05, 0) is 135 Å². The molecule has 5 unspecified atom stereocenters. The van der Waals surface area contributed by atoms with Crippen molar-refractivity contribution in [1.82, 2.24) is 5.32 Å². The van der Waals surface area contributed by atoms with Gasteiger partial charge in [0.05, 0.1) is 11.0 Å². The van der Waals surface area contributed by atoms with Gasteiger partial charge in [-0.15, -0.1) is 0 Å². The summed E-state index contributed by atoms with van der Waals surface area (Å²) in [6, 6.07) is 15.6. The molecule has 48 heavy (non-hydrogen) atoms. The zero-order chi connectivity index (χ0) is 33.0. The second-order valence-electron chi connectivity index (χ2n) is 14.5. The van der Waals surface area contributed by atoms with Gasteiger partial charge in [0.25, 0.3) is 0 Å². The summed E-state index contributed by atoms with van der Waals surface area (Å²) in [6.45, 7) is 4.17. The van der Waals surface area contributed by atoms with Crippen LogP contribution in [0.4, 0.5) is 0 Å². The topological polar surface area (TPSA) is 105 Å². The zero-order valence-corrected chi connectivity index (χ0v) is 27.7. The van der Waals surface area contributed by atoms with Crippen molar-refractivity contribution in [3.8, 4) is 16.9 Å². The number of allylic oxidation sites excluding steroid dienone is 5. The van der Waals surface area contributed by atoms with E-state index in [0.717, 1.165) is 97.9 Å². The maximum atomic E-state index is 14.2. The molecule has 250 valence electrons. The number of aliphatic hydroxyl groups is 1. The van der Waals surface area contributed by atoms with Crippen molar-refractivity contribution >= 4 is 17.5 Å². The molecule has 0 amide bonds. The van der Waals surface area contributed by atoms with Crippen LogP contribution in [0.2, 0.25) is 0 Å². The molecular weight excluding hydrogens is 602 g/mol. The first-order valence-corrected chi connectivity index (χ1v) is 18.0. The van der Waals surface area contributed by atoms with Gasteiger partial charge in [0.15, 0.2) is 0 Å². The first kappa shape index (κ1) is 31.3. The Bertz CT molecular complexity index is 1760. The highest BCUT2D eigenvalue weighted by molar-refractivity contribution is 6.07. The van der Waals surface area contributed by atoms with Crippen molar-refractivity contribution < 1.29 is 29.3 Å². The number of phenolic OH excluding ortho intramolecular Hbond substituents is 1. The second-order valence-corrected chi connectivity index (χ2v) is 14.5. The van der Waals surface area contributed by atoms with E-state index in [1.54, 1.807) is 6.07 Å². The fourth-order valence-corrected chi connectivity index (χ4v) is 10.1. The number of fused-ring (bicyclic) bond motifs is 1. The summed E-state index contributed by atoms with van der Waals surface area (Å²) in [4.78, 5) is 28.2. The lowest BCUT2D eigenvalue weighted by atomic mass is 9.44. The molecule has 0 radical (unpaired) electrons. The Labute approximate surface area is 282 Å². The van der Waals surface area contributed by atoms with Crippen LogP contribution in [-0.2, 0) is 19.1 Å². The lowest BCUT2D eigenvalue weighted by Gasteiger charge is -2.56. The van der Waals surface area contributed by atoms with Gasteiger partial charge in [-0.2, -0.15) is 0 Å². The number of rotatable bonds is 8. The number of ether oxygens (including phenoxy) is 2. The summed E-state index contributed by atoms with van der Waals surface area (Å²) in [5.41, 5.74) is 5.44. The summed E-state index contributed by atoms with van der Waals surface area (Å²) in [6.07, 6.45) is 11.8. The molecular formula is C41H45NO6. The van der Waals surface area contributed by atoms with Crippen molar-refractivity contribution in [2.45, 2.75) is 64.7 Å². The summed E-state index contributed by atoms with van der Waals surface area (Å²) in [5, 5.41) is 24.5. The maximum absolute atomic E-state index is 14.2. The van der Waals surface area contributed by atoms with Crippen LogP contribution in [0.25, 0.3) is 16.7 Å². The zero-order valence-electron chi connectivity index (χ0n) is 27.7. The van der Waals surface area contributed by atoms with E-state index < -0.39 is 5.41 Å². The molecule has 2 aromatic carbocycles. The molecule has 2 bridgehead atoms. The van der Waals surface area contributed by atoms with Crippen molar-refractivity contribution in [3.63, 3.8) is 0 Å². The predicted octanol–water partition coefficient (Wildman–Crippen LogP) is 7.23. The number of piperidine rings is 1. The molecule has 1 spiro atoms. The molecule has 9 rings (SSSR count). The molecule has 5 atom stereocenters. The number of carbonyl (C=O) groups is 2. The van der Waals surface area contributed by atoms with Crippen molar-refractivity contribution in [1.29, 1.82) is 0 Å². The highest BCUT2D eigenvalue weighted by atomic mass is 16.5. The van der Waals surface area contributed by atoms with E-state index in [1.807, 2.05) is 36.4 Å². The van der Waals surface area contributed by atoms with Gasteiger partial charge < -0.3 is 25.0 Å². The highest BCUT2D eigenvalue weighted by Gasteiger charge is 2.68. The third kappa shape index (κ3) is 4.84. The molecule has 1 saturated carbocycles. The number of carbonyl (C=O) groups excluding carboxylic acids is 2. The standard InChI is InChI=1S/C41H45NO6/c1-2-3-9-34-41-19-16-29(35(38(41)40(46)48-34)32-22-27(44)11-12-28(32)25-7-5-4-6-8-25)30-13-14-31-33(47-39(45)36(31)37(30)41)15-10-26(23-43)24-17-20-42-21-18-24/h4-9,11-12,15,22,24,26,29-30,37,42-44H,2-3,10,13-14,16-21,23H2,1H3. The van der Waals surface area contributed by atoms with Crippen LogP contribution >= 0.6 is 0 Å². The number of aliphatic hydroxyl groups excluding tert-OH is 1. The van der Waals surface area contributed by atoms with E-state index in [0.29, 0.717) is 29.4 Å². The minimum Gasteiger partial charge on any atom is -0.508 e. The van der Waals surface area contributed by atoms with E-state index >= 15 is 0 Å². The van der Waals surface area contributed by atoms with Crippen LogP contribution in [-0.4, -0.2) is 41.8 Å². The van der Waals surface area contributed by atoms with E-state index in [9.17, 15) is 19.8 Å². The first-order chi connectivity index (χ1) is 23.5. The van der Waals surface area contributed by atoms with E-state index in [1.165, 1.54) is 0 Å². The number of phenols is 1. The molecule has 3 N–H and O–H groups in total. The number of esters is 2. The van der Waals surface area contributed by atoms with Gasteiger partial charge in [-0.3, -0.25) is 0 Å². The van der Waals surface area contributed by atoms with Gasteiger partial charge in [0.2, 0.25) is 0 Å². The maximum Gasteiger partial charge on any atom is 0.340 e. The predicted molar refractivity (Wildman–Crippen MR) is 183 cm³/mol. The Morgan fingerprint density at radius 2 is 1.77 bits per heavy atom. The minimum absolute atomic E-state index is 0.0303. The average molecular weight is 648 g/mol. The molecule has 3 heterocycles. The monoisotopic (exact) mass is 647 g/mol. The van der Waals surface area contributed by atoms with Gasteiger partial charge >= 0.3 is 11.9 Å². The highest BCUT2D eigenvalue weighted by Crippen LogP contribution is 2.72. The molecule has 7 nitrogen and oxygen atoms in total. The lowest BCUT2D eigenvalue weighted by Crippen LogP contribution is -2.52. The number of hydrogen-bond donors (Lipinski definition) is 3. The van der Waals surface area contributed by atoms with Crippen LogP contribution in [0.1, 0.15) is 70.3 Å².